The molecule has 0 aliphatic carbocycles. The molecule has 0 atom stereocenters. The number of carbonyl (C=O) groups is 1. The molecule has 5 heavy (non-hydrogen) atoms. The van der Waals surface area contributed by atoms with Gasteiger partial charge in [-0.15, -0.1) is 0 Å². The molecule has 0 aliphatic rings. The first-order valence-corrected chi connectivity index (χ1v) is 1.06. The highest BCUT2D eigenvalue weighted by molar-refractivity contribution is 6.24. The van der Waals surface area contributed by atoms with E-state index in [1.807, 2.05) is 0 Å². The van der Waals surface area contributed by atoms with E-state index in [0.29, 0.717) is 0 Å². The van der Waals surface area contributed by atoms with E-state index in [2.05, 4.69) is 5.73 Å². The van der Waals surface area contributed by atoms with E-state index in [0.717, 1.165) is 0 Å². The first-order valence-electron chi connectivity index (χ1n) is 1.06. The molecule has 3 heteroatoms. The van der Waals surface area contributed by atoms with E-state index in [1.165, 1.54) is 0 Å². The van der Waals surface area contributed by atoms with Gasteiger partial charge >= 0.3 is 0 Å². The zero-order chi connectivity index (χ0) is 4.28. The highest BCUT2D eigenvalue weighted by Crippen LogP contribution is 1.33. The van der Waals surface area contributed by atoms with Crippen LogP contribution in [0.5, 0.6) is 0 Å². The van der Waals surface area contributed by atoms with E-state index in [1.54, 1.807) is 0 Å². The molecule has 28 valence electrons. The summed E-state index contributed by atoms with van der Waals surface area (Å²) in [6, 6.07) is 0. The SMILES string of the molecule is N=C(N)C=O. The van der Waals surface area contributed by atoms with Crippen LogP contribution >= 0.6 is 0 Å². The van der Waals surface area contributed by atoms with Gasteiger partial charge in [0.2, 0.25) is 0 Å². The van der Waals surface area contributed by atoms with Crippen LogP contribution in [-0.2, 0) is 4.79 Å². The molecule has 0 radical (unpaired) electrons. The Labute approximate surface area is 29.3 Å². The molecule has 3 nitrogen and oxygen atoms in total. The molecule has 0 amide bonds. The van der Waals surface area contributed by atoms with Gasteiger partial charge in [-0.1, -0.05) is 0 Å². The molecule has 0 heterocycles. The third kappa shape index (κ3) is 3.14. The quantitative estimate of drug-likeness (QED) is 0.240. The van der Waals surface area contributed by atoms with Crippen molar-refractivity contribution in [3.63, 3.8) is 0 Å². The van der Waals surface area contributed by atoms with Crippen molar-refractivity contribution >= 4 is 12.1 Å². The number of hydrogen-bond donors (Lipinski definition) is 2. The molecule has 0 saturated heterocycles. The van der Waals surface area contributed by atoms with Crippen molar-refractivity contribution in [3.05, 3.63) is 0 Å². The minimum atomic E-state index is -0.426. The highest BCUT2D eigenvalue weighted by Gasteiger charge is 1.69. The van der Waals surface area contributed by atoms with Crippen molar-refractivity contribution in [3.8, 4) is 0 Å². The minimum absolute atomic E-state index is 0.278. The predicted molar refractivity (Wildman–Crippen MR) is 18.0 cm³/mol. The van der Waals surface area contributed by atoms with Crippen LogP contribution in [0.25, 0.3) is 0 Å². The average molecular weight is 72.1 g/mol. The lowest BCUT2D eigenvalue weighted by Crippen LogP contribution is -2.09. The van der Waals surface area contributed by atoms with Gasteiger partial charge in [-0.3, -0.25) is 10.2 Å². The molecule has 0 unspecified atom stereocenters. The summed E-state index contributed by atoms with van der Waals surface area (Å²) in [6.45, 7) is 0. The van der Waals surface area contributed by atoms with Crippen LogP contribution in [0.2, 0.25) is 0 Å². The van der Waals surface area contributed by atoms with Crippen LogP contribution in [0.3, 0.4) is 0 Å². The lowest BCUT2D eigenvalue weighted by molar-refractivity contribution is -0.102. The van der Waals surface area contributed by atoms with Crippen molar-refractivity contribution in [2.75, 3.05) is 0 Å². The Morgan fingerprint density at radius 1 is 2.00 bits per heavy atom. The lowest BCUT2D eigenvalue weighted by atomic mass is 10.7. The first-order chi connectivity index (χ1) is 2.27. The van der Waals surface area contributed by atoms with Crippen LogP contribution in [0.15, 0.2) is 0 Å². The van der Waals surface area contributed by atoms with Crippen LogP contribution in [0, 0.1) is 5.41 Å². The molecule has 0 aromatic heterocycles. The van der Waals surface area contributed by atoms with E-state index < -0.39 is 5.84 Å². The molecule has 0 spiro atoms. The van der Waals surface area contributed by atoms with Crippen LogP contribution < -0.4 is 5.73 Å². The number of hydrogen-bond acceptors (Lipinski definition) is 2. The second-order valence-corrected chi connectivity index (χ2v) is 0.573. The largest absolute Gasteiger partial charge is 0.381 e. The van der Waals surface area contributed by atoms with Gasteiger partial charge in [0.05, 0.1) is 0 Å². The second kappa shape index (κ2) is 1.46. The Hall–Kier alpha value is -0.860. The topological polar surface area (TPSA) is 66.9 Å². The van der Waals surface area contributed by atoms with E-state index >= 15 is 0 Å². The molecule has 3 N–H and O–H groups in total. The van der Waals surface area contributed by atoms with Gasteiger partial charge in [0.1, 0.15) is 0 Å². The van der Waals surface area contributed by atoms with Gasteiger partial charge in [0.25, 0.3) is 0 Å². The van der Waals surface area contributed by atoms with Gasteiger partial charge in [-0.25, -0.2) is 0 Å². The summed E-state index contributed by atoms with van der Waals surface area (Å²) in [6.07, 6.45) is 0.278. The molecular formula is C2H4N2O. The average Bonchev–Trinajstić information content (AvgIpc) is 1.38. The standard InChI is InChI=1S/C2H4N2O/c3-2(4)1-5/h1H,(H3,3,4). The zero-order valence-corrected chi connectivity index (χ0v) is 2.56. The maximum absolute atomic E-state index is 9.16. The summed E-state index contributed by atoms with van der Waals surface area (Å²) >= 11 is 0. The molecule has 0 aromatic rings. The Morgan fingerprint density at radius 3 is 2.20 bits per heavy atom. The third-order valence-corrected chi connectivity index (χ3v) is 0.127. The summed E-state index contributed by atoms with van der Waals surface area (Å²) < 4.78 is 0. The number of rotatable bonds is 1. The summed E-state index contributed by atoms with van der Waals surface area (Å²) in [5.74, 6) is -0.426. The molecule has 0 aromatic carbocycles. The fraction of sp³-hybridized carbons (Fsp3) is 0. The van der Waals surface area contributed by atoms with Gasteiger partial charge in [-0.05, 0) is 0 Å². The lowest BCUT2D eigenvalue weighted by Gasteiger charge is -1.66. The van der Waals surface area contributed by atoms with Crippen molar-refractivity contribution in [1.82, 2.24) is 0 Å². The van der Waals surface area contributed by atoms with Crippen molar-refractivity contribution in [1.29, 1.82) is 5.41 Å². The second-order valence-electron chi connectivity index (χ2n) is 0.573. The number of carbonyl (C=O) groups excluding carboxylic acids is 1. The number of nitrogens with one attached hydrogen (secondary N) is 1. The van der Waals surface area contributed by atoms with Crippen LogP contribution in [-0.4, -0.2) is 12.1 Å². The summed E-state index contributed by atoms with van der Waals surface area (Å²) in [7, 11) is 0. The first kappa shape index (κ1) is 4.14. The van der Waals surface area contributed by atoms with Gasteiger partial charge in [0.15, 0.2) is 12.1 Å². The molecule has 0 fully saturated rings. The fourth-order valence-electron chi connectivity index (χ4n) is 0. The molecule has 0 aliphatic heterocycles. The van der Waals surface area contributed by atoms with Crippen molar-refractivity contribution < 1.29 is 4.79 Å². The molecule has 0 rings (SSSR count). The van der Waals surface area contributed by atoms with E-state index in [9.17, 15) is 0 Å². The molecule has 0 saturated carbocycles. The van der Waals surface area contributed by atoms with Crippen LogP contribution in [0.1, 0.15) is 0 Å². The molecule has 0 bridgehead atoms. The van der Waals surface area contributed by atoms with Crippen molar-refractivity contribution in [2.24, 2.45) is 5.73 Å². The van der Waals surface area contributed by atoms with Crippen molar-refractivity contribution in [2.45, 2.75) is 0 Å². The summed E-state index contributed by atoms with van der Waals surface area (Å²) in [4.78, 5) is 9.16. The summed E-state index contributed by atoms with van der Waals surface area (Å²) in [5, 5.41) is 6.15. The normalized spacial score (nSPS) is 6.40. The number of amidine groups is 1. The van der Waals surface area contributed by atoms with Gasteiger partial charge < -0.3 is 5.73 Å². The Bertz CT molecular complexity index is 58.7. The zero-order valence-electron chi connectivity index (χ0n) is 2.56. The summed E-state index contributed by atoms with van der Waals surface area (Å²) in [5.41, 5.74) is 4.51. The predicted octanol–water partition coefficient (Wildman–Crippen LogP) is -0.879. The van der Waals surface area contributed by atoms with E-state index in [-0.39, 0.29) is 6.29 Å². The maximum Gasteiger partial charge on any atom is 0.184 e. The Balaban J connectivity index is 3.20. The smallest absolute Gasteiger partial charge is 0.184 e. The molecular weight excluding hydrogens is 68.0 g/mol. The van der Waals surface area contributed by atoms with E-state index in [4.69, 9.17) is 10.2 Å². The minimum Gasteiger partial charge on any atom is -0.381 e. The number of nitrogens with two attached hydrogens (primary N) is 1. The highest BCUT2D eigenvalue weighted by atomic mass is 16.1. The van der Waals surface area contributed by atoms with Crippen LogP contribution in [0.4, 0.5) is 0 Å². The Kier molecular flexibility index (Phi) is 1.21. The van der Waals surface area contributed by atoms with Gasteiger partial charge in [0, 0.05) is 0 Å². The fourth-order valence-corrected chi connectivity index (χ4v) is 0. The number of aldehydes is 1. The Morgan fingerprint density at radius 2 is 2.20 bits per heavy atom. The maximum atomic E-state index is 9.16. The van der Waals surface area contributed by atoms with Gasteiger partial charge in [-0.2, -0.15) is 0 Å². The monoisotopic (exact) mass is 72.0 g/mol. The third-order valence-electron chi connectivity index (χ3n) is 0.127.